The molecule has 0 spiro atoms. The second-order valence-corrected chi connectivity index (χ2v) is 6.25. The first kappa shape index (κ1) is 20.4. The SMILES string of the molecule is CC(=O)OCCOCn1cc(Cc2cccc(OC(C)C)c2)c(=O)[nH]c1=O. The molecule has 8 nitrogen and oxygen atoms in total. The molecule has 0 atom stereocenters. The Hall–Kier alpha value is -2.87. The normalized spacial score (nSPS) is 10.8. The maximum absolute atomic E-state index is 12.1. The number of carbonyl (C=O) groups is 1. The number of nitrogens with zero attached hydrogens (tertiary/aromatic N) is 1. The Morgan fingerprint density at radius 3 is 2.70 bits per heavy atom. The lowest BCUT2D eigenvalue weighted by molar-refractivity contribution is -0.142. The molecular weight excluding hydrogens is 352 g/mol. The Morgan fingerprint density at radius 1 is 1.22 bits per heavy atom. The molecule has 27 heavy (non-hydrogen) atoms. The van der Waals surface area contributed by atoms with Gasteiger partial charge in [0.05, 0.1) is 12.7 Å². The summed E-state index contributed by atoms with van der Waals surface area (Å²) in [7, 11) is 0. The molecule has 146 valence electrons. The van der Waals surface area contributed by atoms with Crippen molar-refractivity contribution in [3.05, 3.63) is 62.4 Å². The minimum absolute atomic E-state index is 0.0506. The Kier molecular flexibility index (Phi) is 7.36. The second-order valence-electron chi connectivity index (χ2n) is 6.25. The van der Waals surface area contributed by atoms with Crippen molar-refractivity contribution in [2.45, 2.75) is 40.0 Å². The van der Waals surface area contributed by atoms with E-state index in [1.807, 2.05) is 38.1 Å². The van der Waals surface area contributed by atoms with Crippen molar-refractivity contribution in [2.75, 3.05) is 13.2 Å². The fraction of sp³-hybridized carbons (Fsp3) is 0.421. The number of hydrogen-bond acceptors (Lipinski definition) is 6. The lowest BCUT2D eigenvalue weighted by atomic mass is 10.1. The van der Waals surface area contributed by atoms with Crippen LogP contribution in [0.1, 0.15) is 31.9 Å². The Bertz CT molecular complexity index is 884. The summed E-state index contributed by atoms with van der Waals surface area (Å²) in [6, 6.07) is 7.46. The van der Waals surface area contributed by atoms with Gasteiger partial charge in [-0.15, -0.1) is 0 Å². The summed E-state index contributed by atoms with van der Waals surface area (Å²) in [5.41, 5.74) is 0.319. The number of nitrogens with one attached hydrogen (secondary N) is 1. The first-order chi connectivity index (χ1) is 12.8. The van der Waals surface area contributed by atoms with Gasteiger partial charge in [0.25, 0.3) is 5.56 Å². The van der Waals surface area contributed by atoms with Gasteiger partial charge in [-0.2, -0.15) is 0 Å². The van der Waals surface area contributed by atoms with E-state index in [0.29, 0.717) is 12.0 Å². The number of aromatic amines is 1. The van der Waals surface area contributed by atoms with Gasteiger partial charge in [-0.1, -0.05) is 12.1 Å². The minimum Gasteiger partial charge on any atom is -0.491 e. The molecule has 0 amide bonds. The molecule has 0 bridgehead atoms. The summed E-state index contributed by atoms with van der Waals surface area (Å²) in [4.78, 5) is 37.0. The molecule has 1 N–H and O–H groups in total. The zero-order chi connectivity index (χ0) is 19.8. The standard InChI is InChI=1S/C19H24N2O6/c1-13(2)27-17-6-4-5-15(10-17)9-16-11-21(19(24)20-18(16)23)12-25-7-8-26-14(3)22/h4-6,10-11,13H,7-9,12H2,1-3H3,(H,20,23,24). The molecule has 2 rings (SSSR count). The highest BCUT2D eigenvalue weighted by Gasteiger charge is 2.08. The van der Waals surface area contributed by atoms with Crippen LogP contribution >= 0.6 is 0 Å². The molecule has 8 heteroatoms. The van der Waals surface area contributed by atoms with Crippen LogP contribution in [0.15, 0.2) is 40.1 Å². The van der Waals surface area contributed by atoms with Crippen molar-refractivity contribution in [2.24, 2.45) is 0 Å². The molecule has 1 aromatic heterocycles. The number of hydrogen-bond donors (Lipinski definition) is 1. The number of esters is 1. The monoisotopic (exact) mass is 376 g/mol. The van der Waals surface area contributed by atoms with E-state index in [1.54, 1.807) is 0 Å². The molecule has 0 saturated carbocycles. The van der Waals surface area contributed by atoms with Crippen molar-refractivity contribution in [3.63, 3.8) is 0 Å². The van der Waals surface area contributed by atoms with E-state index in [9.17, 15) is 14.4 Å². The van der Waals surface area contributed by atoms with Gasteiger partial charge in [0, 0.05) is 25.1 Å². The highest BCUT2D eigenvalue weighted by atomic mass is 16.6. The van der Waals surface area contributed by atoms with E-state index in [-0.39, 0.29) is 26.0 Å². The smallest absolute Gasteiger partial charge is 0.330 e. The Balaban J connectivity index is 2.08. The number of rotatable bonds is 9. The van der Waals surface area contributed by atoms with Gasteiger partial charge >= 0.3 is 11.7 Å². The van der Waals surface area contributed by atoms with E-state index >= 15 is 0 Å². The van der Waals surface area contributed by atoms with Crippen LogP contribution in [0.5, 0.6) is 5.75 Å². The van der Waals surface area contributed by atoms with Crippen molar-refractivity contribution in [1.29, 1.82) is 0 Å². The first-order valence-electron chi connectivity index (χ1n) is 8.64. The topological polar surface area (TPSA) is 99.6 Å². The molecule has 0 unspecified atom stereocenters. The predicted molar refractivity (Wildman–Crippen MR) is 98.9 cm³/mol. The third kappa shape index (κ3) is 6.74. The Morgan fingerprint density at radius 2 is 2.00 bits per heavy atom. The average molecular weight is 376 g/mol. The van der Waals surface area contributed by atoms with Crippen LogP contribution in [0.4, 0.5) is 0 Å². The predicted octanol–water partition coefficient (Wildman–Crippen LogP) is 1.45. The van der Waals surface area contributed by atoms with E-state index < -0.39 is 17.2 Å². The van der Waals surface area contributed by atoms with E-state index in [1.165, 1.54) is 17.7 Å². The second kappa shape index (κ2) is 9.72. The molecule has 2 aromatic rings. The van der Waals surface area contributed by atoms with Gasteiger partial charge in [0.15, 0.2) is 0 Å². The largest absolute Gasteiger partial charge is 0.491 e. The molecule has 1 heterocycles. The van der Waals surface area contributed by atoms with Gasteiger partial charge in [-0.3, -0.25) is 19.1 Å². The molecule has 0 fully saturated rings. The number of ether oxygens (including phenoxy) is 3. The molecule has 0 radical (unpaired) electrons. The molecule has 0 aliphatic carbocycles. The Labute approximate surface area is 156 Å². The molecule has 0 aliphatic rings. The van der Waals surface area contributed by atoms with Crippen LogP contribution in [0.25, 0.3) is 0 Å². The van der Waals surface area contributed by atoms with Crippen LogP contribution < -0.4 is 16.0 Å². The van der Waals surface area contributed by atoms with Crippen LogP contribution in [0.3, 0.4) is 0 Å². The van der Waals surface area contributed by atoms with Crippen molar-refractivity contribution in [1.82, 2.24) is 9.55 Å². The van der Waals surface area contributed by atoms with Crippen LogP contribution in [-0.4, -0.2) is 34.8 Å². The van der Waals surface area contributed by atoms with Crippen molar-refractivity contribution < 1.29 is 19.0 Å². The summed E-state index contributed by atoms with van der Waals surface area (Å²) < 4.78 is 17.0. The molecular formula is C19H24N2O6. The maximum Gasteiger partial charge on any atom is 0.330 e. The van der Waals surface area contributed by atoms with Gasteiger partial charge in [0.2, 0.25) is 0 Å². The molecule has 0 aliphatic heterocycles. The summed E-state index contributed by atoms with van der Waals surface area (Å²) in [6.45, 7) is 5.38. The van der Waals surface area contributed by atoms with E-state index in [2.05, 4.69) is 4.98 Å². The summed E-state index contributed by atoms with van der Waals surface area (Å²) in [5.74, 6) is 0.326. The molecule has 1 aromatic carbocycles. The third-order valence-corrected chi connectivity index (χ3v) is 3.51. The van der Waals surface area contributed by atoms with Crippen molar-refractivity contribution >= 4 is 5.97 Å². The highest BCUT2D eigenvalue weighted by Crippen LogP contribution is 2.16. The minimum atomic E-state index is -0.562. The zero-order valence-corrected chi connectivity index (χ0v) is 15.7. The molecule has 0 saturated heterocycles. The lowest BCUT2D eigenvalue weighted by Gasteiger charge is -2.11. The summed E-state index contributed by atoms with van der Waals surface area (Å²) in [5, 5.41) is 0. The quantitative estimate of drug-likeness (QED) is 0.525. The van der Waals surface area contributed by atoms with Gasteiger partial charge in [-0.05, 0) is 31.5 Å². The van der Waals surface area contributed by atoms with Crippen LogP contribution in [0.2, 0.25) is 0 Å². The number of carbonyl (C=O) groups excluding carboxylic acids is 1. The van der Waals surface area contributed by atoms with Crippen molar-refractivity contribution in [3.8, 4) is 5.75 Å². The third-order valence-electron chi connectivity index (χ3n) is 3.51. The van der Waals surface area contributed by atoms with Gasteiger partial charge in [0.1, 0.15) is 19.1 Å². The average Bonchev–Trinajstić information content (AvgIpc) is 2.57. The summed E-state index contributed by atoms with van der Waals surface area (Å²) in [6.07, 6.45) is 1.87. The zero-order valence-electron chi connectivity index (χ0n) is 15.7. The lowest BCUT2D eigenvalue weighted by Crippen LogP contribution is -2.32. The van der Waals surface area contributed by atoms with Gasteiger partial charge in [-0.25, -0.2) is 4.79 Å². The van der Waals surface area contributed by atoms with E-state index in [0.717, 1.165) is 11.3 Å². The maximum atomic E-state index is 12.1. The van der Waals surface area contributed by atoms with Gasteiger partial charge < -0.3 is 14.2 Å². The summed E-state index contributed by atoms with van der Waals surface area (Å²) >= 11 is 0. The highest BCUT2D eigenvalue weighted by molar-refractivity contribution is 5.65. The van der Waals surface area contributed by atoms with Crippen LogP contribution in [-0.2, 0) is 27.4 Å². The first-order valence-corrected chi connectivity index (χ1v) is 8.64. The fourth-order valence-corrected chi connectivity index (χ4v) is 2.40. The number of aromatic nitrogens is 2. The number of benzene rings is 1. The van der Waals surface area contributed by atoms with Crippen LogP contribution in [0, 0.1) is 0 Å². The van der Waals surface area contributed by atoms with E-state index in [4.69, 9.17) is 14.2 Å². The fourth-order valence-electron chi connectivity index (χ4n) is 2.40. The number of H-pyrrole nitrogens is 1.